The number of nitrogens with two attached hydrogens (primary N) is 1. The Balaban J connectivity index is 2.61. The third-order valence-corrected chi connectivity index (χ3v) is 4.48. The van der Waals surface area contributed by atoms with E-state index in [4.69, 9.17) is 5.73 Å². The van der Waals surface area contributed by atoms with Crippen LogP contribution < -0.4 is 11.1 Å². The lowest BCUT2D eigenvalue weighted by Crippen LogP contribution is -2.53. The van der Waals surface area contributed by atoms with Gasteiger partial charge in [-0.15, -0.1) is 0 Å². The second kappa shape index (κ2) is 4.16. The first-order chi connectivity index (χ1) is 6.39. The Kier molecular flexibility index (Phi) is 3.55. The zero-order valence-corrected chi connectivity index (χ0v) is 9.73. The molecule has 1 aliphatic heterocycles. The molecular formula is C9H20N2O2S. The number of nitrogens with one attached hydrogen (secondary N) is 1. The minimum atomic E-state index is -2.86. The van der Waals surface area contributed by atoms with Gasteiger partial charge in [0.2, 0.25) is 0 Å². The monoisotopic (exact) mass is 220 g/mol. The maximum atomic E-state index is 11.4. The lowest BCUT2D eigenvalue weighted by molar-refractivity contribution is 0.350. The van der Waals surface area contributed by atoms with Gasteiger partial charge >= 0.3 is 0 Å². The van der Waals surface area contributed by atoms with E-state index in [1.807, 2.05) is 0 Å². The van der Waals surface area contributed by atoms with Crippen LogP contribution in [-0.2, 0) is 9.84 Å². The van der Waals surface area contributed by atoms with E-state index in [-0.39, 0.29) is 17.0 Å². The quantitative estimate of drug-likeness (QED) is 0.685. The molecule has 1 rings (SSSR count). The SMILES string of the molecule is CC(C)CNC1(CN)CCS(=O)(=O)C1. The van der Waals surface area contributed by atoms with E-state index in [0.29, 0.717) is 18.9 Å². The number of hydrogen-bond acceptors (Lipinski definition) is 4. The van der Waals surface area contributed by atoms with Crippen molar-refractivity contribution in [2.75, 3.05) is 24.6 Å². The summed E-state index contributed by atoms with van der Waals surface area (Å²) < 4.78 is 22.7. The zero-order chi connectivity index (χ0) is 10.8. The maximum absolute atomic E-state index is 11.4. The Morgan fingerprint density at radius 2 is 2.14 bits per heavy atom. The van der Waals surface area contributed by atoms with Crippen LogP contribution in [0.4, 0.5) is 0 Å². The van der Waals surface area contributed by atoms with E-state index in [9.17, 15) is 8.42 Å². The van der Waals surface area contributed by atoms with Crippen molar-refractivity contribution < 1.29 is 8.42 Å². The highest BCUT2D eigenvalue weighted by atomic mass is 32.2. The summed E-state index contributed by atoms with van der Waals surface area (Å²) >= 11 is 0. The van der Waals surface area contributed by atoms with Crippen LogP contribution in [0.3, 0.4) is 0 Å². The van der Waals surface area contributed by atoms with Gasteiger partial charge in [-0.2, -0.15) is 0 Å². The Labute approximate surface area is 86.2 Å². The molecule has 0 aromatic rings. The fourth-order valence-electron chi connectivity index (χ4n) is 1.71. The highest BCUT2D eigenvalue weighted by molar-refractivity contribution is 7.91. The molecule has 0 amide bonds. The van der Waals surface area contributed by atoms with Crippen LogP contribution in [0.15, 0.2) is 0 Å². The summed E-state index contributed by atoms with van der Waals surface area (Å²) in [6.07, 6.45) is 0.651. The second-order valence-electron chi connectivity index (χ2n) is 4.60. The molecule has 0 bridgehead atoms. The van der Waals surface area contributed by atoms with E-state index < -0.39 is 9.84 Å². The number of sulfone groups is 1. The smallest absolute Gasteiger partial charge is 0.152 e. The van der Waals surface area contributed by atoms with E-state index in [1.54, 1.807) is 0 Å². The normalized spacial score (nSPS) is 31.1. The minimum absolute atomic E-state index is 0.198. The molecule has 1 unspecified atom stereocenters. The summed E-state index contributed by atoms with van der Waals surface area (Å²) in [5.74, 6) is 0.986. The standard InChI is InChI=1S/C9H20N2O2S/c1-8(2)5-11-9(6-10)3-4-14(12,13)7-9/h8,11H,3-7,10H2,1-2H3. The average Bonchev–Trinajstić information content (AvgIpc) is 2.40. The molecule has 1 saturated heterocycles. The summed E-state index contributed by atoms with van der Waals surface area (Å²) in [5.41, 5.74) is 5.29. The summed E-state index contributed by atoms with van der Waals surface area (Å²) in [6, 6.07) is 0. The molecule has 14 heavy (non-hydrogen) atoms. The first kappa shape index (κ1) is 11.9. The minimum Gasteiger partial charge on any atom is -0.329 e. The van der Waals surface area contributed by atoms with Crippen molar-refractivity contribution in [3.63, 3.8) is 0 Å². The first-order valence-electron chi connectivity index (χ1n) is 5.05. The topological polar surface area (TPSA) is 72.2 Å². The third kappa shape index (κ3) is 2.93. The maximum Gasteiger partial charge on any atom is 0.152 e. The average molecular weight is 220 g/mol. The van der Waals surface area contributed by atoms with Crippen molar-refractivity contribution >= 4 is 9.84 Å². The molecule has 0 aromatic carbocycles. The van der Waals surface area contributed by atoms with Crippen molar-refractivity contribution in [2.45, 2.75) is 25.8 Å². The van der Waals surface area contributed by atoms with E-state index in [1.165, 1.54) is 0 Å². The molecule has 84 valence electrons. The number of rotatable bonds is 4. The molecule has 0 aliphatic carbocycles. The van der Waals surface area contributed by atoms with Gasteiger partial charge in [0, 0.05) is 12.1 Å². The predicted molar refractivity (Wildman–Crippen MR) is 57.9 cm³/mol. The van der Waals surface area contributed by atoms with Gasteiger partial charge in [-0.1, -0.05) is 13.8 Å². The molecule has 1 aliphatic rings. The molecule has 3 N–H and O–H groups in total. The molecular weight excluding hydrogens is 200 g/mol. The summed E-state index contributed by atoms with van der Waals surface area (Å²) in [5, 5.41) is 3.30. The van der Waals surface area contributed by atoms with Crippen LogP contribution in [0, 0.1) is 5.92 Å². The van der Waals surface area contributed by atoms with Crippen LogP contribution in [-0.4, -0.2) is 38.6 Å². The summed E-state index contributed by atoms with van der Waals surface area (Å²) in [7, 11) is -2.86. The zero-order valence-electron chi connectivity index (χ0n) is 8.91. The van der Waals surface area contributed by atoms with E-state index in [0.717, 1.165) is 6.54 Å². The van der Waals surface area contributed by atoms with Crippen LogP contribution in [0.1, 0.15) is 20.3 Å². The largest absolute Gasteiger partial charge is 0.329 e. The fourth-order valence-corrected chi connectivity index (χ4v) is 3.76. The molecule has 1 atom stereocenters. The van der Waals surface area contributed by atoms with Gasteiger partial charge in [0.15, 0.2) is 9.84 Å². The highest BCUT2D eigenvalue weighted by Crippen LogP contribution is 2.22. The molecule has 1 fully saturated rings. The Hall–Kier alpha value is -0.130. The predicted octanol–water partition coefficient (Wildman–Crippen LogP) is -0.252. The Morgan fingerprint density at radius 3 is 2.50 bits per heavy atom. The summed E-state index contributed by atoms with van der Waals surface area (Å²) in [6.45, 7) is 5.42. The molecule has 4 nitrogen and oxygen atoms in total. The molecule has 0 radical (unpaired) electrons. The van der Waals surface area contributed by atoms with Crippen molar-refractivity contribution in [3.8, 4) is 0 Å². The van der Waals surface area contributed by atoms with Gasteiger partial charge in [-0.3, -0.25) is 0 Å². The number of hydrogen-bond donors (Lipinski definition) is 2. The van der Waals surface area contributed by atoms with Gasteiger partial charge in [0.25, 0.3) is 0 Å². The molecule has 0 aromatic heterocycles. The van der Waals surface area contributed by atoms with Gasteiger partial charge in [0.1, 0.15) is 0 Å². The Bertz CT molecular complexity index is 287. The van der Waals surface area contributed by atoms with Crippen molar-refractivity contribution in [1.29, 1.82) is 0 Å². The van der Waals surface area contributed by atoms with Crippen molar-refractivity contribution in [1.82, 2.24) is 5.32 Å². The highest BCUT2D eigenvalue weighted by Gasteiger charge is 2.40. The third-order valence-electron chi connectivity index (χ3n) is 2.66. The fraction of sp³-hybridized carbons (Fsp3) is 1.00. The molecule has 5 heteroatoms. The molecule has 0 saturated carbocycles. The van der Waals surface area contributed by atoms with Gasteiger partial charge < -0.3 is 11.1 Å². The van der Waals surface area contributed by atoms with Crippen LogP contribution in [0.5, 0.6) is 0 Å². The van der Waals surface area contributed by atoms with Crippen LogP contribution in [0.2, 0.25) is 0 Å². The summed E-state index contributed by atoms with van der Waals surface area (Å²) in [4.78, 5) is 0. The Morgan fingerprint density at radius 1 is 1.50 bits per heavy atom. The van der Waals surface area contributed by atoms with Crippen LogP contribution >= 0.6 is 0 Å². The van der Waals surface area contributed by atoms with Gasteiger partial charge in [-0.05, 0) is 18.9 Å². The second-order valence-corrected chi connectivity index (χ2v) is 6.79. The van der Waals surface area contributed by atoms with Gasteiger partial charge in [0.05, 0.1) is 11.5 Å². The van der Waals surface area contributed by atoms with Crippen molar-refractivity contribution in [3.05, 3.63) is 0 Å². The molecule has 0 spiro atoms. The van der Waals surface area contributed by atoms with Gasteiger partial charge in [-0.25, -0.2) is 8.42 Å². The van der Waals surface area contributed by atoms with E-state index >= 15 is 0 Å². The lowest BCUT2D eigenvalue weighted by atomic mass is 9.98. The molecule has 1 heterocycles. The lowest BCUT2D eigenvalue weighted by Gasteiger charge is -2.28. The van der Waals surface area contributed by atoms with Crippen LogP contribution in [0.25, 0.3) is 0 Å². The first-order valence-corrected chi connectivity index (χ1v) is 6.87. The van der Waals surface area contributed by atoms with E-state index in [2.05, 4.69) is 19.2 Å². The van der Waals surface area contributed by atoms with Crippen molar-refractivity contribution in [2.24, 2.45) is 11.7 Å².